The summed E-state index contributed by atoms with van der Waals surface area (Å²) in [5, 5.41) is 0. The normalized spacial score (nSPS) is 12.3. The van der Waals surface area contributed by atoms with Crippen molar-refractivity contribution in [1.29, 1.82) is 0 Å². The van der Waals surface area contributed by atoms with E-state index in [4.69, 9.17) is 14.2 Å². The molecule has 0 fully saturated rings. The van der Waals surface area contributed by atoms with Gasteiger partial charge in [0.15, 0.2) is 6.10 Å². The minimum Gasteiger partial charge on any atom is -0.462 e. The van der Waals surface area contributed by atoms with Crippen LogP contribution in [0.4, 0.5) is 0 Å². The summed E-state index contributed by atoms with van der Waals surface area (Å²) in [6, 6.07) is 0. The van der Waals surface area contributed by atoms with Crippen LogP contribution < -0.4 is 0 Å². The zero-order valence-electron chi connectivity index (χ0n) is 46.1. The van der Waals surface area contributed by atoms with E-state index < -0.39 is 6.10 Å². The van der Waals surface area contributed by atoms with Gasteiger partial charge in [-0.1, -0.05) is 301 Å². The van der Waals surface area contributed by atoms with E-state index >= 15 is 0 Å². The number of carbonyl (C=O) groups is 3. The molecule has 6 nitrogen and oxygen atoms in total. The fourth-order valence-corrected chi connectivity index (χ4v) is 8.87. The Morgan fingerprint density at radius 2 is 0.565 bits per heavy atom. The Bertz CT molecular complexity index is 1200. The molecule has 0 rings (SSSR count). The van der Waals surface area contributed by atoms with Crippen LogP contribution >= 0.6 is 0 Å². The fraction of sp³-hybridized carbons (Fsp3) is 0.825. The highest BCUT2D eigenvalue weighted by atomic mass is 16.6. The van der Waals surface area contributed by atoms with E-state index in [0.29, 0.717) is 19.3 Å². The van der Waals surface area contributed by atoms with Gasteiger partial charge < -0.3 is 14.2 Å². The lowest BCUT2D eigenvalue weighted by molar-refractivity contribution is -0.166. The van der Waals surface area contributed by atoms with Gasteiger partial charge in [-0.25, -0.2) is 0 Å². The standard InChI is InChI=1S/C63H114O6/c1-4-7-10-13-16-19-22-24-25-26-27-28-29-30-31-32-33-34-35-36-37-39-41-44-47-50-53-56-62(65)68-59-60(58-67-61(64)55-52-49-46-43-40-21-18-15-12-9-6-3)69-63(66)57-54-51-48-45-42-38-23-20-17-14-11-8-5-2/h8,11,17,20,38,42,48,51,60H,4-7,9-10,12-16,18-19,21-37,39-41,43-47,49-50,52-59H2,1-3H3/b11-8-,20-17-,42-38-,51-48-. The molecule has 69 heavy (non-hydrogen) atoms. The second-order valence-electron chi connectivity index (χ2n) is 20.2. The lowest BCUT2D eigenvalue weighted by atomic mass is 10.0. The smallest absolute Gasteiger partial charge is 0.306 e. The summed E-state index contributed by atoms with van der Waals surface area (Å²) in [7, 11) is 0. The summed E-state index contributed by atoms with van der Waals surface area (Å²) < 4.78 is 16.8. The quantitative estimate of drug-likeness (QED) is 0.0262. The topological polar surface area (TPSA) is 78.9 Å². The van der Waals surface area contributed by atoms with Crippen LogP contribution in [0.15, 0.2) is 48.6 Å². The Labute approximate surface area is 428 Å². The molecule has 0 aromatic rings. The summed E-state index contributed by atoms with van der Waals surface area (Å²) in [6.45, 7) is 6.49. The van der Waals surface area contributed by atoms with Crippen molar-refractivity contribution in [3.05, 3.63) is 48.6 Å². The maximum Gasteiger partial charge on any atom is 0.306 e. The minimum atomic E-state index is -0.807. The van der Waals surface area contributed by atoms with Crippen LogP contribution in [0.3, 0.4) is 0 Å². The highest BCUT2D eigenvalue weighted by molar-refractivity contribution is 5.71. The molecule has 0 aliphatic rings. The van der Waals surface area contributed by atoms with Gasteiger partial charge in [-0.2, -0.15) is 0 Å². The molecule has 0 aliphatic heterocycles. The predicted molar refractivity (Wildman–Crippen MR) is 298 cm³/mol. The molecule has 6 heteroatoms. The van der Waals surface area contributed by atoms with Gasteiger partial charge in [-0.15, -0.1) is 0 Å². The number of hydrogen-bond acceptors (Lipinski definition) is 6. The molecule has 1 atom stereocenters. The van der Waals surface area contributed by atoms with Crippen LogP contribution in [0.1, 0.15) is 316 Å². The Morgan fingerprint density at radius 3 is 0.855 bits per heavy atom. The van der Waals surface area contributed by atoms with Crippen LogP contribution in [0, 0.1) is 0 Å². The molecule has 0 saturated heterocycles. The van der Waals surface area contributed by atoms with Crippen molar-refractivity contribution in [1.82, 2.24) is 0 Å². The molecule has 1 unspecified atom stereocenters. The maximum absolute atomic E-state index is 12.8. The number of carbonyl (C=O) groups excluding carboxylic acids is 3. The van der Waals surface area contributed by atoms with Crippen molar-refractivity contribution >= 4 is 17.9 Å². The second-order valence-corrected chi connectivity index (χ2v) is 20.2. The third-order valence-electron chi connectivity index (χ3n) is 13.4. The lowest BCUT2D eigenvalue weighted by Gasteiger charge is -2.18. The molecule has 0 N–H and O–H groups in total. The first-order valence-electron chi connectivity index (χ1n) is 30.1. The Balaban J connectivity index is 4.16. The summed E-state index contributed by atoms with van der Waals surface area (Å²) in [5.41, 5.74) is 0. The van der Waals surface area contributed by atoms with Crippen molar-refractivity contribution < 1.29 is 28.6 Å². The molecule has 0 amide bonds. The molecule has 0 heterocycles. The third-order valence-corrected chi connectivity index (χ3v) is 13.4. The second kappa shape index (κ2) is 57.9. The van der Waals surface area contributed by atoms with Crippen molar-refractivity contribution in [2.45, 2.75) is 322 Å². The summed E-state index contributed by atoms with van der Waals surface area (Å²) >= 11 is 0. The largest absolute Gasteiger partial charge is 0.462 e. The van der Waals surface area contributed by atoms with Gasteiger partial charge in [0.05, 0.1) is 0 Å². The Hall–Kier alpha value is -2.63. The average molecular weight is 968 g/mol. The van der Waals surface area contributed by atoms with Gasteiger partial charge in [-0.3, -0.25) is 14.4 Å². The first kappa shape index (κ1) is 66.4. The first-order valence-corrected chi connectivity index (χ1v) is 30.1. The maximum atomic E-state index is 12.8. The number of unbranched alkanes of at least 4 members (excludes halogenated alkanes) is 36. The monoisotopic (exact) mass is 967 g/mol. The number of hydrogen-bond donors (Lipinski definition) is 0. The van der Waals surface area contributed by atoms with Crippen LogP contribution in [-0.2, 0) is 28.6 Å². The fourth-order valence-electron chi connectivity index (χ4n) is 8.87. The van der Waals surface area contributed by atoms with E-state index in [2.05, 4.69) is 63.3 Å². The molecule has 402 valence electrons. The molecule has 0 bridgehead atoms. The number of ether oxygens (including phenoxy) is 3. The number of allylic oxidation sites excluding steroid dienone is 8. The molecule has 0 saturated carbocycles. The third kappa shape index (κ3) is 56.2. The number of rotatable bonds is 55. The number of esters is 3. The van der Waals surface area contributed by atoms with Crippen LogP contribution in [0.25, 0.3) is 0 Å². The highest BCUT2D eigenvalue weighted by Gasteiger charge is 2.19. The molecule has 0 spiro atoms. The summed E-state index contributed by atoms with van der Waals surface area (Å²) in [5.74, 6) is -0.966. The molecular formula is C63H114O6. The van der Waals surface area contributed by atoms with Crippen LogP contribution in [-0.4, -0.2) is 37.2 Å². The van der Waals surface area contributed by atoms with E-state index in [1.165, 1.54) is 205 Å². The van der Waals surface area contributed by atoms with Crippen molar-refractivity contribution in [2.75, 3.05) is 13.2 Å². The first-order chi connectivity index (χ1) is 34.0. The van der Waals surface area contributed by atoms with Crippen molar-refractivity contribution in [3.8, 4) is 0 Å². The Kier molecular flexibility index (Phi) is 55.7. The van der Waals surface area contributed by atoms with Gasteiger partial charge in [-0.05, 0) is 44.9 Å². The van der Waals surface area contributed by atoms with Crippen molar-refractivity contribution in [3.63, 3.8) is 0 Å². The molecule has 0 aromatic heterocycles. The van der Waals surface area contributed by atoms with E-state index in [-0.39, 0.29) is 37.5 Å². The highest BCUT2D eigenvalue weighted by Crippen LogP contribution is 2.17. The Morgan fingerprint density at radius 1 is 0.304 bits per heavy atom. The van der Waals surface area contributed by atoms with Crippen molar-refractivity contribution in [2.24, 2.45) is 0 Å². The van der Waals surface area contributed by atoms with Gasteiger partial charge >= 0.3 is 17.9 Å². The van der Waals surface area contributed by atoms with Crippen LogP contribution in [0.5, 0.6) is 0 Å². The van der Waals surface area contributed by atoms with Gasteiger partial charge in [0, 0.05) is 19.3 Å². The molecule has 0 aliphatic carbocycles. The van der Waals surface area contributed by atoms with Crippen LogP contribution in [0.2, 0.25) is 0 Å². The summed E-state index contributed by atoms with van der Waals surface area (Å²) in [4.78, 5) is 38.0. The van der Waals surface area contributed by atoms with Gasteiger partial charge in [0.2, 0.25) is 0 Å². The van der Waals surface area contributed by atoms with Gasteiger partial charge in [0.25, 0.3) is 0 Å². The molecule has 0 aromatic carbocycles. The minimum absolute atomic E-state index is 0.0974. The zero-order valence-corrected chi connectivity index (χ0v) is 46.1. The zero-order chi connectivity index (χ0) is 50.0. The molecular weight excluding hydrogens is 853 g/mol. The average Bonchev–Trinajstić information content (AvgIpc) is 3.35. The summed E-state index contributed by atoms with van der Waals surface area (Å²) in [6.07, 6.45) is 71.5. The lowest BCUT2D eigenvalue weighted by Crippen LogP contribution is -2.30. The molecule has 0 radical (unpaired) electrons. The van der Waals surface area contributed by atoms with E-state index in [9.17, 15) is 14.4 Å². The SMILES string of the molecule is CC/C=C\C/C=C\C/C=C\C/C=C\CCC(=O)OC(COC(=O)CCCCCCCCCCCCC)COC(=O)CCCCCCCCCCCCCCCCCCCCCCCCCCCCC. The van der Waals surface area contributed by atoms with Gasteiger partial charge in [0.1, 0.15) is 13.2 Å². The van der Waals surface area contributed by atoms with E-state index in [1.54, 1.807) is 0 Å². The van der Waals surface area contributed by atoms with E-state index in [1.807, 2.05) is 6.08 Å². The van der Waals surface area contributed by atoms with E-state index in [0.717, 1.165) is 64.2 Å². The predicted octanol–water partition coefficient (Wildman–Crippen LogP) is 20.2.